The first kappa shape index (κ1) is 15.8. The average molecular weight is 290 g/mol. The molecule has 0 aromatic heterocycles. The van der Waals surface area contributed by atoms with E-state index in [2.05, 4.69) is 33.0 Å². The van der Waals surface area contributed by atoms with Crippen molar-refractivity contribution in [3.63, 3.8) is 0 Å². The zero-order valence-corrected chi connectivity index (χ0v) is 13.4. The average Bonchev–Trinajstić information content (AvgIpc) is 2.84. The summed E-state index contributed by atoms with van der Waals surface area (Å²) in [5, 5.41) is 2.96. The SMILES string of the molecule is CC1(C)C(CNC(=O)COc2ccc(CN)cc2)C1(C)C. The van der Waals surface area contributed by atoms with Crippen LogP contribution in [0.1, 0.15) is 33.3 Å². The van der Waals surface area contributed by atoms with Gasteiger partial charge in [0, 0.05) is 13.1 Å². The van der Waals surface area contributed by atoms with Crippen molar-refractivity contribution in [1.29, 1.82) is 0 Å². The van der Waals surface area contributed by atoms with E-state index in [1.807, 2.05) is 24.3 Å². The molecule has 0 atom stereocenters. The van der Waals surface area contributed by atoms with Crippen LogP contribution in [0, 0.1) is 16.7 Å². The Hall–Kier alpha value is -1.55. The lowest BCUT2D eigenvalue weighted by molar-refractivity contribution is -0.123. The fourth-order valence-electron chi connectivity index (χ4n) is 2.98. The van der Waals surface area contributed by atoms with E-state index < -0.39 is 0 Å². The van der Waals surface area contributed by atoms with Crippen molar-refractivity contribution in [1.82, 2.24) is 5.32 Å². The minimum Gasteiger partial charge on any atom is -0.484 e. The summed E-state index contributed by atoms with van der Waals surface area (Å²) < 4.78 is 5.47. The molecule has 3 N–H and O–H groups in total. The number of carbonyl (C=O) groups excluding carboxylic acids is 1. The van der Waals surface area contributed by atoms with E-state index in [1.54, 1.807) is 0 Å². The van der Waals surface area contributed by atoms with Gasteiger partial charge in [0.15, 0.2) is 6.61 Å². The van der Waals surface area contributed by atoms with Gasteiger partial charge in [-0.2, -0.15) is 0 Å². The third-order valence-electron chi connectivity index (χ3n) is 5.35. The summed E-state index contributed by atoms with van der Waals surface area (Å²) in [6.45, 7) is 10.3. The van der Waals surface area contributed by atoms with Gasteiger partial charge in [-0.15, -0.1) is 0 Å². The van der Waals surface area contributed by atoms with E-state index in [-0.39, 0.29) is 12.5 Å². The van der Waals surface area contributed by atoms with Gasteiger partial charge in [0.05, 0.1) is 0 Å². The molecule has 1 aromatic carbocycles. The molecule has 1 aliphatic carbocycles. The number of hydrogen-bond acceptors (Lipinski definition) is 3. The van der Waals surface area contributed by atoms with Crippen molar-refractivity contribution in [2.24, 2.45) is 22.5 Å². The number of ether oxygens (including phenoxy) is 1. The summed E-state index contributed by atoms with van der Waals surface area (Å²) in [5.41, 5.74) is 7.16. The molecule has 1 amide bonds. The first-order chi connectivity index (χ1) is 9.79. The van der Waals surface area contributed by atoms with Gasteiger partial charge in [0.2, 0.25) is 0 Å². The summed E-state index contributed by atoms with van der Waals surface area (Å²) in [7, 11) is 0. The smallest absolute Gasteiger partial charge is 0.257 e. The van der Waals surface area contributed by atoms with Crippen LogP contribution in [-0.2, 0) is 11.3 Å². The molecule has 0 heterocycles. The minimum absolute atomic E-state index is 0.0511. The van der Waals surface area contributed by atoms with Gasteiger partial charge in [-0.05, 0) is 34.4 Å². The highest BCUT2D eigenvalue weighted by atomic mass is 16.5. The second-order valence-corrected chi connectivity index (χ2v) is 6.94. The van der Waals surface area contributed by atoms with E-state index in [0.29, 0.717) is 35.6 Å². The summed E-state index contributed by atoms with van der Waals surface area (Å²) in [4.78, 5) is 11.8. The summed E-state index contributed by atoms with van der Waals surface area (Å²) in [6, 6.07) is 7.48. The second kappa shape index (κ2) is 5.68. The van der Waals surface area contributed by atoms with Gasteiger partial charge in [0.1, 0.15) is 5.75 Å². The van der Waals surface area contributed by atoms with Crippen LogP contribution in [0.25, 0.3) is 0 Å². The monoisotopic (exact) mass is 290 g/mol. The number of amides is 1. The van der Waals surface area contributed by atoms with Crippen LogP contribution in [0.5, 0.6) is 5.75 Å². The Kier molecular flexibility index (Phi) is 4.28. The van der Waals surface area contributed by atoms with Gasteiger partial charge in [-0.25, -0.2) is 0 Å². The van der Waals surface area contributed by atoms with Crippen LogP contribution in [0.2, 0.25) is 0 Å². The first-order valence-corrected chi connectivity index (χ1v) is 7.47. The predicted molar refractivity (Wildman–Crippen MR) is 83.9 cm³/mol. The molecule has 116 valence electrons. The Morgan fingerprint density at radius 1 is 1.19 bits per heavy atom. The lowest BCUT2D eigenvalue weighted by Gasteiger charge is -2.08. The van der Waals surface area contributed by atoms with Crippen LogP contribution in [0.15, 0.2) is 24.3 Å². The molecule has 2 rings (SSSR count). The molecular weight excluding hydrogens is 264 g/mol. The molecule has 21 heavy (non-hydrogen) atoms. The fourth-order valence-corrected chi connectivity index (χ4v) is 2.98. The molecule has 1 fully saturated rings. The number of rotatable bonds is 6. The molecule has 0 radical (unpaired) electrons. The van der Waals surface area contributed by atoms with E-state index in [4.69, 9.17) is 10.5 Å². The van der Waals surface area contributed by atoms with Crippen molar-refractivity contribution >= 4 is 5.91 Å². The van der Waals surface area contributed by atoms with Crippen LogP contribution >= 0.6 is 0 Å². The lowest BCUT2D eigenvalue weighted by Crippen LogP contribution is -2.31. The maximum atomic E-state index is 11.8. The van der Waals surface area contributed by atoms with E-state index in [9.17, 15) is 4.79 Å². The van der Waals surface area contributed by atoms with Gasteiger partial charge in [-0.3, -0.25) is 4.79 Å². The maximum absolute atomic E-state index is 11.8. The van der Waals surface area contributed by atoms with Crippen molar-refractivity contribution in [3.8, 4) is 5.75 Å². The fraction of sp³-hybridized carbons (Fsp3) is 0.588. The van der Waals surface area contributed by atoms with Crippen molar-refractivity contribution in [2.75, 3.05) is 13.2 Å². The molecule has 0 spiro atoms. The number of nitrogens with one attached hydrogen (secondary N) is 1. The largest absolute Gasteiger partial charge is 0.484 e. The standard InChI is InChI=1S/C17H26N2O2/c1-16(2)14(17(16,3)4)10-19-15(20)11-21-13-7-5-12(9-18)6-8-13/h5-8,14H,9-11,18H2,1-4H3,(H,19,20). The molecule has 0 bridgehead atoms. The van der Waals surface area contributed by atoms with E-state index in [0.717, 1.165) is 5.56 Å². The lowest BCUT2D eigenvalue weighted by atomic mass is 10.0. The normalized spacial score (nSPS) is 19.1. The molecule has 0 aliphatic heterocycles. The molecule has 4 heteroatoms. The van der Waals surface area contributed by atoms with Crippen LogP contribution < -0.4 is 15.8 Å². The van der Waals surface area contributed by atoms with Crippen molar-refractivity contribution < 1.29 is 9.53 Å². The molecule has 1 aliphatic rings. The minimum atomic E-state index is -0.0728. The van der Waals surface area contributed by atoms with Gasteiger partial charge >= 0.3 is 0 Å². The van der Waals surface area contributed by atoms with Crippen molar-refractivity contribution in [3.05, 3.63) is 29.8 Å². The second-order valence-electron chi connectivity index (χ2n) is 6.94. The quantitative estimate of drug-likeness (QED) is 0.845. The van der Waals surface area contributed by atoms with E-state index >= 15 is 0 Å². The van der Waals surface area contributed by atoms with Crippen LogP contribution in [0.4, 0.5) is 0 Å². The number of benzene rings is 1. The molecule has 1 aromatic rings. The Morgan fingerprint density at radius 3 is 2.24 bits per heavy atom. The highest BCUT2D eigenvalue weighted by Crippen LogP contribution is 2.67. The molecule has 4 nitrogen and oxygen atoms in total. The van der Waals surface area contributed by atoms with Gasteiger partial charge < -0.3 is 15.8 Å². The maximum Gasteiger partial charge on any atom is 0.257 e. The van der Waals surface area contributed by atoms with Gasteiger partial charge in [-0.1, -0.05) is 39.8 Å². The Labute approximate surface area is 127 Å². The van der Waals surface area contributed by atoms with Gasteiger partial charge in [0.25, 0.3) is 5.91 Å². The molecule has 0 unspecified atom stereocenters. The first-order valence-electron chi connectivity index (χ1n) is 7.47. The third-order valence-corrected chi connectivity index (χ3v) is 5.35. The number of carbonyl (C=O) groups is 1. The molecule has 1 saturated carbocycles. The highest BCUT2D eigenvalue weighted by molar-refractivity contribution is 5.77. The van der Waals surface area contributed by atoms with Crippen molar-refractivity contribution in [2.45, 2.75) is 34.2 Å². The Balaban J connectivity index is 1.73. The van der Waals surface area contributed by atoms with Crippen LogP contribution in [0.3, 0.4) is 0 Å². The number of hydrogen-bond donors (Lipinski definition) is 2. The van der Waals surface area contributed by atoms with Crippen LogP contribution in [-0.4, -0.2) is 19.1 Å². The third kappa shape index (κ3) is 3.21. The summed E-state index contributed by atoms with van der Waals surface area (Å²) in [6.07, 6.45) is 0. The molecule has 0 saturated heterocycles. The Morgan fingerprint density at radius 2 is 1.76 bits per heavy atom. The summed E-state index contributed by atoms with van der Waals surface area (Å²) >= 11 is 0. The molecular formula is C17H26N2O2. The zero-order valence-electron chi connectivity index (χ0n) is 13.4. The van der Waals surface area contributed by atoms with E-state index in [1.165, 1.54) is 0 Å². The summed E-state index contributed by atoms with van der Waals surface area (Å²) in [5.74, 6) is 1.14. The predicted octanol–water partition coefficient (Wildman–Crippen LogP) is 2.32. The Bertz CT molecular complexity index is 492. The highest BCUT2D eigenvalue weighted by Gasteiger charge is 2.64. The topological polar surface area (TPSA) is 64.3 Å². The zero-order chi connectivity index (χ0) is 15.7. The number of nitrogens with two attached hydrogens (primary N) is 1.